The zero-order valence-electron chi connectivity index (χ0n) is 14.8. The first-order chi connectivity index (χ1) is 11.4. The van der Waals surface area contributed by atoms with Gasteiger partial charge >= 0.3 is 0 Å². The maximum atomic E-state index is 12.5. The molecule has 1 aromatic heterocycles. The summed E-state index contributed by atoms with van der Waals surface area (Å²) in [6, 6.07) is 7.52. The fourth-order valence-electron chi connectivity index (χ4n) is 2.79. The van der Waals surface area contributed by atoms with Gasteiger partial charge in [0, 0.05) is 24.5 Å². The summed E-state index contributed by atoms with van der Waals surface area (Å²) in [6.07, 6.45) is 2.15. The molecule has 2 N–H and O–H groups in total. The van der Waals surface area contributed by atoms with Crippen molar-refractivity contribution in [1.29, 1.82) is 0 Å². The third kappa shape index (κ3) is 4.08. The fourth-order valence-corrected chi connectivity index (χ4v) is 4.22. The van der Waals surface area contributed by atoms with E-state index in [1.807, 2.05) is 12.1 Å². The van der Waals surface area contributed by atoms with Gasteiger partial charge in [-0.1, -0.05) is 13.8 Å². The molecule has 0 aliphatic carbocycles. The number of H-pyrrole nitrogens is 1. The Kier molecular flexibility index (Phi) is 5.88. The van der Waals surface area contributed by atoms with Crippen LogP contribution in [0.3, 0.4) is 0 Å². The predicted octanol–water partition coefficient (Wildman–Crippen LogP) is 3.45. The molecule has 0 aliphatic heterocycles. The molecule has 0 fully saturated rings. The minimum absolute atomic E-state index is 0.213. The molecule has 7 heteroatoms. The summed E-state index contributed by atoms with van der Waals surface area (Å²) in [4.78, 5) is 2.52. The summed E-state index contributed by atoms with van der Waals surface area (Å²) in [5, 5.41) is 6.66. The van der Waals surface area contributed by atoms with Crippen molar-refractivity contribution in [2.45, 2.75) is 45.4 Å². The Morgan fingerprint density at radius 3 is 2.12 bits per heavy atom. The Morgan fingerprint density at radius 1 is 1.08 bits per heavy atom. The first-order valence-corrected chi connectivity index (χ1v) is 9.76. The number of anilines is 2. The number of nitrogens with zero attached hydrogens (tertiary/aromatic N) is 2. The molecular weight excluding hydrogens is 324 g/mol. The quantitative estimate of drug-likeness (QED) is 0.764. The van der Waals surface area contributed by atoms with E-state index in [0.717, 1.165) is 31.6 Å². The summed E-state index contributed by atoms with van der Waals surface area (Å²) in [6.45, 7) is 9.67. The van der Waals surface area contributed by atoms with Crippen LogP contribution in [0, 0.1) is 13.8 Å². The Morgan fingerprint density at radius 2 is 1.67 bits per heavy atom. The van der Waals surface area contributed by atoms with Gasteiger partial charge in [0.05, 0.1) is 11.4 Å². The van der Waals surface area contributed by atoms with Gasteiger partial charge in [-0.15, -0.1) is 0 Å². The molecule has 2 aromatic rings. The lowest BCUT2D eigenvalue weighted by molar-refractivity contribution is 0.600. The standard InChI is InChI=1S/C17H26N4O2S/c1-5-11-21(12-6-2)16-9-7-15(8-10-16)20-24(22,23)17-13(3)18-19-14(17)4/h7-10,20H,5-6,11-12H2,1-4H3,(H,18,19). The zero-order chi connectivity index (χ0) is 17.7. The van der Waals surface area contributed by atoms with Gasteiger partial charge in [0.15, 0.2) is 0 Å². The molecular formula is C17H26N4O2S. The van der Waals surface area contributed by atoms with Crippen LogP contribution in [-0.2, 0) is 10.0 Å². The van der Waals surface area contributed by atoms with Crippen molar-refractivity contribution in [1.82, 2.24) is 10.2 Å². The summed E-state index contributed by atoms with van der Waals surface area (Å²) in [5.74, 6) is 0. The normalized spacial score (nSPS) is 11.5. The van der Waals surface area contributed by atoms with Crippen LogP contribution in [-0.4, -0.2) is 31.7 Å². The summed E-state index contributed by atoms with van der Waals surface area (Å²) >= 11 is 0. The van der Waals surface area contributed by atoms with Gasteiger partial charge in [0.25, 0.3) is 10.0 Å². The minimum Gasteiger partial charge on any atom is -0.372 e. The molecule has 0 saturated carbocycles. The number of aromatic amines is 1. The van der Waals surface area contributed by atoms with Crippen molar-refractivity contribution >= 4 is 21.4 Å². The van der Waals surface area contributed by atoms with Gasteiger partial charge in [0.1, 0.15) is 4.90 Å². The molecule has 0 saturated heterocycles. The topological polar surface area (TPSA) is 78.1 Å². The van der Waals surface area contributed by atoms with Crippen LogP contribution in [0.5, 0.6) is 0 Å². The van der Waals surface area contributed by atoms with Crippen molar-refractivity contribution in [2.75, 3.05) is 22.7 Å². The first kappa shape index (κ1) is 18.3. The molecule has 2 rings (SSSR count). The second-order valence-electron chi connectivity index (χ2n) is 5.90. The zero-order valence-corrected chi connectivity index (χ0v) is 15.6. The number of aryl methyl sites for hydroxylation is 2. The molecule has 6 nitrogen and oxygen atoms in total. The molecule has 132 valence electrons. The van der Waals surface area contributed by atoms with Crippen molar-refractivity contribution in [3.8, 4) is 0 Å². The summed E-state index contributed by atoms with van der Waals surface area (Å²) in [5.41, 5.74) is 2.66. The highest BCUT2D eigenvalue weighted by molar-refractivity contribution is 7.92. The van der Waals surface area contributed by atoms with Gasteiger partial charge < -0.3 is 4.90 Å². The lowest BCUT2D eigenvalue weighted by Gasteiger charge is -2.24. The van der Waals surface area contributed by atoms with E-state index in [1.165, 1.54) is 0 Å². The smallest absolute Gasteiger partial charge is 0.265 e. The highest BCUT2D eigenvalue weighted by Crippen LogP contribution is 2.23. The molecule has 1 aromatic carbocycles. The second kappa shape index (κ2) is 7.70. The molecule has 0 aliphatic rings. The summed E-state index contributed by atoms with van der Waals surface area (Å²) < 4.78 is 27.7. The van der Waals surface area contributed by atoms with E-state index in [1.54, 1.807) is 26.0 Å². The van der Waals surface area contributed by atoms with E-state index in [0.29, 0.717) is 17.1 Å². The Bertz CT molecular complexity index is 741. The van der Waals surface area contributed by atoms with Crippen molar-refractivity contribution in [2.24, 2.45) is 0 Å². The Balaban J connectivity index is 2.19. The summed E-state index contributed by atoms with van der Waals surface area (Å²) in [7, 11) is -3.64. The minimum atomic E-state index is -3.64. The number of nitrogens with one attached hydrogen (secondary N) is 2. The number of hydrogen-bond donors (Lipinski definition) is 2. The molecule has 0 amide bonds. The van der Waals surface area contributed by atoms with Crippen LogP contribution in [0.25, 0.3) is 0 Å². The number of benzene rings is 1. The van der Waals surface area contributed by atoms with Crippen LogP contribution in [0.15, 0.2) is 29.2 Å². The van der Waals surface area contributed by atoms with E-state index in [4.69, 9.17) is 0 Å². The molecule has 0 bridgehead atoms. The largest absolute Gasteiger partial charge is 0.372 e. The van der Waals surface area contributed by atoms with Crippen LogP contribution >= 0.6 is 0 Å². The van der Waals surface area contributed by atoms with Crippen molar-refractivity contribution in [3.63, 3.8) is 0 Å². The molecule has 0 unspecified atom stereocenters. The van der Waals surface area contributed by atoms with Gasteiger partial charge in [-0.3, -0.25) is 9.82 Å². The number of rotatable bonds is 8. The fraction of sp³-hybridized carbons (Fsp3) is 0.471. The number of sulfonamides is 1. The van der Waals surface area contributed by atoms with Crippen LogP contribution in [0.2, 0.25) is 0 Å². The lowest BCUT2D eigenvalue weighted by Crippen LogP contribution is -2.24. The van der Waals surface area contributed by atoms with Gasteiger partial charge in [-0.2, -0.15) is 5.10 Å². The lowest BCUT2D eigenvalue weighted by atomic mass is 10.2. The van der Waals surface area contributed by atoms with Crippen LogP contribution in [0.1, 0.15) is 38.1 Å². The Hall–Kier alpha value is -2.02. The van der Waals surface area contributed by atoms with Gasteiger partial charge in [-0.05, 0) is 51.0 Å². The molecule has 24 heavy (non-hydrogen) atoms. The second-order valence-corrected chi connectivity index (χ2v) is 7.52. The predicted molar refractivity (Wildman–Crippen MR) is 98.1 cm³/mol. The maximum absolute atomic E-state index is 12.5. The third-order valence-electron chi connectivity index (χ3n) is 3.80. The SMILES string of the molecule is CCCN(CCC)c1ccc(NS(=O)(=O)c2c(C)n[nH]c2C)cc1. The first-order valence-electron chi connectivity index (χ1n) is 8.28. The Labute approximate surface area is 144 Å². The van der Waals surface area contributed by atoms with E-state index in [9.17, 15) is 8.42 Å². The monoisotopic (exact) mass is 350 g/mol. The molecule has 1 heterocycles. The maximum Gasteiger partial charge on any atom is 0.265 e. The average molecular weight is 350 g/mol. The van der Waals surface area contributed by atoms with E-state index in [-0.39, 0.29) is 4.90 Å². The van der Waals surface area contributed by atoms with E-state index < -0.39 is 10.0 Å². The highest BCUT2D eigenvalue weighted by Gasteiger charge is 2.22. The number of hydrogen-bond acceptors (Lipinski definition) is 4. The third-order valence-corrected chi connectivity index (χ3v) is 5.44. The highest BCUT2D eigenvalue weighted by atomic mass is 32.2. The van der Waals surface area contributed by atoms with Gasteiger partial charge in [0.2, 0.25) is 0 Å². The average Bonchev–Trinajstić information content (AvgIpc) is 2.87. The number of aromatic nitrogens is 2. The van der Waals surface area contributed by atoms with E-state index in [2.05, 4.69) is 33.7 Å². The van der Waals surface area contributed by atoms with Crippen LogP contribution < -0.4 is 9.62 Å². The molecule has 0 spiro atoms. The molecule has 0 radical (unpaired) electrons. The van der Waals surface area contributed by atoms with Crippen LogP contribution in [0.4, 0.5) is 11.4 Å². The van der Waals surface area contributed by atoms with Gasteiger partial charge in [-0.25, -0.2) is 8.42 Å². The van der Waals surface area contributed by atoms with E-state index >= 15 is 0 Å². The van der Waals surface area contributed by atoms with Crippen molar-refractivity contribution in [3.05, 3.63) is 35.7 Å². The van der Waals surface area contributed by atoms with Crippen molar-refractivity contribution < 1.29 is 8.42 Å². The molecule has 0 atom stereocenters.